The van der Waals surface area contributed by atoms with Crippen LogP contribution in [0.15, 0.2) is 0 Å². The molecule has 0 rings (SSSR count). The maximum atomic E-state index is 9.54. The van der Waals surface area contributed by atoms with Crippen LogP contribution in [-0.2, 0) is 9.53 Å². The molecule has 0 aliphatic heterocycles. The van der Waals surface area contributed by atoms with Gasteiger partial charge in [0.25, 0.3) is 6.47 Å². The second-order valence-corrected chi connectivity index (χ2v) is 3.85. The average molecular weight is 191 g/mol. The smallest absolute Gasteiger partial charge is 0.293 e. The summed E-state index contributed by atoms with van der Waals surface area (Å²) in [4.78, 5) is 9.54. The van der Waals surface area contributed by atoms with Crippen LogP contribution in [0.1, 0.15) is 6.42 Å². The molecule has 0 radical (unpaired) electrons. The molecule has 54 valence electrons. The molecule has 0 aliphatic rings. The van der Waals surface area contributed by atoms with Gasteiger partial charge in [-0.1, -0.05) is 34.8 Å². The number of ether oxygens (including phenoxy) is 1. The van der Waals surface area contributed by atoms with Gasteiger partial charge in [0.2, 0.25) is 0 Å². The van der Waals surface area contributed by atoms with Crippen molar-refractivity contribution in [3.05, 3.63) is 0 Å². The first kappa shape index (κ1) is 9.34. The molecule has 5 heteroatoms. The Morgan fingerprint density at radius 3 is 2.33 bits per heavy atom. The SMILES string of the molecule is O=COCCC(Cl)(Cl)Cl. The topological polar surface area (TPSA) is 26.3 Å². The molecule has 0 heterocycles. The third-order valence-corrected chi connectivity index (χ3v) is 1.14. The molecule has 0 bridgehead atoms. The molecule has 9 heavy (non-hydrogen) atoms. The lowest BCUT2D eigenvalue weighted by atomic mass is 10.5. The number of alkyl halides is 3. The van der Waals surface area contributed by atoms with Crippen molar-refractivity contribution in [1.82, 2.24) is 0 Å². The van der Waals surface area contributed by atoms with Crippen molar-refractivity contribution in [3.63, 3.8) is 0 Å². The Morgan fingerprint density at radius 1 is 1.44 bits per heavy atom. The lowest BCUT2D eigenvalue weighted by Gasteiger charge is -2.07. The van der Waals surface area contributed by atoms with Gasteiger partial charge in [-0.2, -0.15) is 0 Å². The Labute approximate surface area is 68.0 Å². The summed E-state index contributed by atoms with van der Waals surface area (Å²) in [5.41, 5.74) is 0. The Kier molecular flexibility index (Phi) is 4.36. The van der Waals surface area contributed by atoms with E-state index in [1.807, 2.05) is 0 Å². The highest BCUT2D eigenvalue weighted by Gasteiger charge is 2.18. The molecule has 0 aromatic heterocycles. The van der Waals surface area contributed by atoms with Crippen molar-refractivity contribution in [2.75, 3.05) is 6.61 Å². The molecule has 2 nitrogen and oxygen atoms in total. The number of carbonyl (C=O) groups excluding carboxylic acids is 1. The van der Waals surface area contributed by atoms with Gasteiger partial charge in [-0.15, -0.1) is 0 Å². The summed E-state index contributed by atoms with van der Waals surface area (Å²) in [5, 5.41) is 0. The van der Waals surface area contributed by atoms with Crippen molar-refractivity contribution in [2.24, 2.45) is 0 Å². The van der Waals surface area contributed by atoms with Crippen LogP contribution < -0.4 is 0 Å². The highest BCUT2D eigenvalue weighted by atomic mass is 35.6. The molecule has 0 saturated carbocycles. The molecule has 0 aromatic rings. The molecule has 0 aliphatic carbocycles. The van der Waals surface area contributed by atoms with Gasteiger partial charge in [0, 0.05) is 6.42 Å². The van der Waals surface area contributed by atoms with Crippen LogP contribution >= 0.6 is 34.8 Å². The zero-order chi connectivity index (χ0) is 7.33. The lowest BCUT2D eigenvalue weighted by molar-refractivity contribution is -0.128. The van der Waals surface area contributed by atoms with Crippen molar-refractivity contribution in [2.45, 2.75) is 10.2 Å². The minimum Gasteiger partial charge on any atom is -0.468 e. The summed E-state index contributed by atoms with van der Waals surface area (Å²) in [6.07, 6.45) is 0.219. The molecule has 0 aromatic carbocycles. The van der Waals surface area contributed by atoms with Gasteiger partial charge >= 0.3 is 0 Å². The number of carbonyl (C=O) groups is 1. The van der Waals surface area contributed by atoms with Gasteiger partial charge in [0.05, 0.1) is 6.61 Å². The first-order valence-electron chi connectivity index (χ1n) is 2.18. The Hall–Kier alpha value is 0.340. The van der Waals surface area contributed by atoms with Gasteiger partial charge in [-0.05, 0) is 0 Å². The van der Waals surface area contributed by atoms with Crippen LogP contribution in [0, 0.1) is 0 Å². The minimum absolute atomic E-state index is 0.139. The van der Waals surface area contributed by atoms with E-state index < -0.39 is 3.79 Å². The number of hydrogen-bond donors (Lipinski definition) is 0. The van der Waals surface area contributed by atoms with E-state index in [0.717, 1.165) is 0 Å². The highest BCUT2D eigenvalue weighted by Crippen LogP contribution is 2.29. The van der Waals surface area contributed by atoms with Crippen molar-refractivity contribution in [1.29, 1.82) is 0 Å². The second kappa shape index (κ2) is 4.20. The normalized spacial score (nSPS) is 11.0. The number of rotatable bonds is 3. The summed E-state index contributed by atoms with van der Waals surface area (Å²) in [6, 6.07) is 0. The Morgan fingerprint density at radius 2 is 2.00 bits per heavy atom. The van der Waals surface area contributed by atoms with Crippen LogP contribution in [-0.4, -0.2) is 16.9 Å². The van der Waals surface area contributed by atoms with Crippen LogP contribution in [0.25, 0.3) is 0 Å². The van der Waals surface area contributed by atoms with Gasteiger partial charge in [0.15, 0.2) is 3.79 Å². The monoisotopic (exact) mass is 190 g/mol. The van der Waals surface area contributed by atoms with Crippen LogP contribution in [0.2, 0.25) is 0 Å². The summed E-state index contributed by atoms with van der Waals surface area (Å²) < 4.78 is 2.96. The Balaban J connectivity index is 3.17. The molecular formula is C4H5Cl3O2. The van der Waals surface area contributed by atoms with E-state index in [9.17, 15) is 4.79 Å². The molecule has 0 saturated heterocycles. The maximum absolute atomic E-state index is 9.54. The largest absolute Gasteiger partial charge is 0.468 e. The molecule has 0 fully saturated rings. The summed E-state index contributed by atoms with van der Waals surface area (Å²) in [5.74, 6) is 0. The van der Waals surface area contributed by atoms with Gasteiger partial charge in [0.1, 0.15) is 0 Å². The quantitative estimate of drug-likeness (QED) is 0.387. The van der Waals surface area contributed by atoms with Crippen molar-refractivity contribution in [3.8, 4) is 0 Å². The predicted molar refractivity (Wildman–Crippen MR) is 36.9 cm³/mol. The summed E-state index contributed by atoms with van der Waals surface area (Å²) >= 11 is 15.9. The zero-order valence-corrected chi connectivity index (χ0v) is 6.71. The molecule has 0 spiro atoms. The molecule has 0 amide bonds. The van der Waals surface area contributed by atoms with Gasteiger partial charge in [-0.25, -0.2) is 0 Å². The zero-order valence-electron chi connectivity index (χ0n) is 4.44. The van der Waals surface area contributed by atoms with Crippen LogP contribution in [0.5, 0.6) is 0 Å². The fourth-order valence-corrected chi connectivity index (χ4v) is 0.454. The van der Waals surface area contributed by atoms with Crippen LogP contribution in [0.3, 0.4) is 0 Å². The van der Waals surface area contributed by atoms with Gasteiger partial charge in [-0.3, -0.25) is 4.79 Å². The van der Waals surface area contributed by atoms with E-state index in [1.165, 1.54) is 0 Å². The molecule has 0 unspecified atom stereocenters. The summed E-state index contributed by atoms with van der Waals surface area (Å²) in [6.45, 7) is 0.455. The highest BCUT2D eigenvalue weighted by molar-refractivity contribution is 6.67. The van der Waals surface area contributed by atoms with E-state index in [0.29, 0.717) is 6.47 Å². The van der Waals surface area contributed by atoms with E-state index >= 15 is 0 Å². The van der Waals surface area contributed by atoms with Crippen LogP contribution in [0.4, 0.5) is 0 Å². The number of hydrogen-bond acceptors (Lipinski definition) is 2. The minimum atomic E-state index is -1.32. The first-order chi connectivity index (χ1) is 4.06. The molecule has 0 atom stereocenters. The lowest BCUT2D eigenvalue weighted by Crippen LogP contribution is -2.06. The molecular weight excluding hydrogens is 186 g/mol. The number of halogens is 3. The molecule has 0 N–H and O–H groups in total. The van der Waals surface area contributed by atoms with Gasteiger partial charge < -0.3 is 4.74 Å². The first-order valence-corrected chi connectivity index (χ1v) is 3.31. The average Bonchev–Trinajstić information content (AvgIpc) is 1.63. The van der Waals surface area contributed by atoms with E-state index in [2.05, 4.69) is 4.74 Å². The van der Waals surface area contributed by atoms with E-state index in [-0.39, 0.29) is 13.0 Å². The van der Waals surface area contributed by atoms with Crippen molar-refractivity contribution < 1.29 is 9.53 Å². The summed E-state index contributed by atoms with van der Waals surface area (Å²) in [7, 11) is 0. The third-order valence-electron chi connectivity index (χ3n) is 0.571. The fraction of sp³-hybridized carbons (Fsp3) is 0.750. The standard InChI is InChI=1S/C4H5Cl3O2/c5-4(6,7)1-2-9-3-8/h3H,1-2H2. The maximum Gasteiger partial charge on any atom is 0.293 e. The fourth-order valence-electron chi connectivity index (χ4n) is 0.223. The predicted octanol–water partition coefficient (Wildman–Crippen LogP) is 1.92. The Bertz CT molecular complexity index is 88.3. The van der Waals surface area contributed by atoms with E-state index in [4.69, 9.17) is 34.8 Å². The second-order valence-electron chi connectivity index (χ2n) is 1.33. The van der Waals surface area contributed by atoms with E-state index in [1.54, 1.807) is 0 Å². The third kappa shape index (κ3) is 8.34. The van der Waals surface area contributed by atoms with Crippen molar-refractivity contribution >= 4 is 41.3 Å².